The summed E-state index contributed by atoms with van der Waals surface area (Å²) >= 11 is 0. The second-order valence-corrected chi connectivity index (χ2v) is 9.42. The molecular formula is C30H30F2N6O3. The predicted octanol–water partition coefficient (Wildman–Crippen LogP) is 5.74. The molecule has 3 heterocycles. The fourth-order valence-corrected chi connectivity index (χ4v) is 4.36. The molecule has 212 valence electrons. The van der Waals surface area contributed by atoms with Gasteiger partial charge in [-0.3, -0.25) is 9.67 Å². The first-order valence-corrected chi connectivity index (χ1v) is 13.3. The maximum Gasteiger partial charge on any atom is 0.183 e. The Hall–Kier alpha value is -4.64. The molecule has 0 amide bonds. The summed E-state index contributed by atoms with van der Waals surface area (Å²) in [6.07, 6.45) is 3.76. The second kappa shape index (κ2) is 12.3. The van der Waals surface area contributed by atoms with Crippen molar-refractivity contribution in [1.82, 2.24) is 24.7 Å². The van der Waals surface area contributed by atoms with Crippen molar-refractivity contribution in [2.45, 2.75) is 33.7 Å². The number of anilines is 2. The van der Waals surface area contributed by atoms with Crippen LogP contribution in [0.15, 0.2) is 54.9 Å². The fourth-order valence-electron chi connectivity index (χ4n) is 4.36. The SMILES string of the molecule is CCOc1cc(F)c(Cn2nc(-c3ncc(OCCCO)c(Nc4cc(C)ncc4C)n3)c3ccccc32)c(F)c1. The van der Waals surface area contributed by atoms with Crippen LogP contribution >= 0.6 is 0 Å². The van der Waals surface area contributed by atoms with E-state index in [2.05, 4.69) is 15.3 Å². The number of aryl methyl sites for hydroxylation is 2. The van der Waals surface area contributed by atoms with Gasteiger partial charge in [-0.05, 0) is 38.5 Å². The minimum Gasteiger partial charge on any atom is -0.494 e. The summed E-state index contributed by atoms with van der Waals surface area (Å²) in [6, 6.07) is 11.6. The van der Waals surface area contributed by atoms with E-state index < -0.39 is 11.6 Å². The average Bonchev–Trinajstić information content (AvgIpc) is 3.32. The maximum atomic E-state index is 14.9. The summed E-state index contributed by atoms with van der Waals surface area (Å²) in [7, 11) is 0. The molecule has 0 aliphatic carbocycles. The molecule has 0 unspecified atom stereocenters. The van der Waals surface area contributed by atoms with Crippen molar-refractivity contribution in [2.24, 2.45) is 0 Å². The summed E-state index contributed by atoms with van der Waals surface area (Å²) in [4.78, 5) is 13.6. The van der Waals surface area contributed by atoms with Crippen LogP contribution in [0, 0.1) is 25.5 Å². The summed E-state index contributed by atoms with van der Waals surface area (Å²) in [6.45, 7) is 5.99. The molecule has 5 aromatic rings. The number of hydrogen-bond acceptors (Lipinski definition) is 8. The number of nitrogens with zero attached hydrogens (tertiary/aromatic N) is 5. The van der Waals surface area contributed by atoms with Crippen molar-refractivity contribution >= 4 is 22.4 Å². The van der Waals surface area contributed by atoms with E-state index in [1.54, 1.807) is 19.3 Å². The Balaban J connectivity index is 1.56. The van der Waals surface area contributed by atoms with Crippen molar-refractivity contribution in [1.29, 1.82) is 0 Å². The molecule has 3 aromatic heterocycles. The lowest BCUT2D eigenvalue weighted by Crippen LogP contribution is -2.08. The summed E-state index contributed by atoms with van der Waals surface area (Å²) in [5, 5.41) is 17.9. The van der Waals surface area contributed by atoms with E-state index >= 15 is 0 Å². The first-order valence-electron chi connectivity index (χ1n) is 13.3. The molecule has 0 aliphatic rings. The largest absolute Gasteiger partial charge is 0.494 e. The molecule has 5 rings (SSSR count). The van der Waals surface area contributed by atoms with E-state index in [1.165, 1.54) is 16.8 Å². The number of aromatic nitrogens is 5. The van der Waals surface area contributed by atoms with E-state index in [9.17, 15) is 13.9 Å². The smallest absolute Gasteiger partial charge is 0.183 e. The van der Waals surface area contributed by atoms with Crippen LogP contribution in [0.1, 0.15) is 30.2 Å². The van der Waals surface area contributed by atoms with Gasteiger partial charge in [-0.15, -0.1) is 0 Å². The van der Waals surface area contributed by atoms with Crippen molar-refractivity contribution in [2.75, 3.05) is 25.1 Å². The van der Waals surface area contributed by atoms with Crippen molar-refractivity contribution < 1.29 is 23.4 Å². The lowest BCUT2D eigenvalue weighted by Gasteiger charge is -2.14. The monoisotopic (exact) mass is 560 g/mol. The highest BCUT2D eigenvalue weighted by molar-refractivity contribution is 5.92. The maximum absolute atomic E-state index is 14.9. The van der Waals surface area contributed by atoms with Crippen LogP contribution in [0.25, 0.3) is 22.4 Å². The van der Waals surface area contributed by atoms with Crippen LogP contribution in [0.2, 0.25) is 0 Å². The molecule has 41 heavy (non-hydrogen) atoms. The van der Waals surface area contributed by atoms with Crippen molar-refractivity contribution in [3.63, 3.8) is 0 Å². The van der Waals surface area contributed by atoms with Crippen LogP contribution in [-0.2, 0) is 6.54 Å². The number of aliphatic hydroxyl groups is 1. The zero-order valence-electron chi connectivity index (χ0n) is 23.0. The predicted molar refractivity (Wildman–Crippen MR) is 152 cm³/mol. The molecule has 9 nitrogen and oxygen atoms in total. The van der Waals surface area contributed by atoms with Crippen LogP contribution < -0.4 is 14.8 Å². The molecule has 0 bridgehead atoms. The highest BCUT2D eigenvalue weighted by Gasteiger charge is 2.20. The Morgan fingerprint density at radius 2 is 1.78 bits per heavy atom. The minimum atomic E-state index is -0.718. The number of ether oxygens (including phenoxy) is 2. The molecule has 0 saturated carbocycles. The van der Waals surface area contributed by atoms with E-state index in [4.69, 9.17) is 19.6 Å². The summed E-state index contributed by atoms with van der Waals surface area (Å²) in [5.41, 5.74) is 3.51. The van der Waals surface area contributed by atoms with E-state index in [0.29, 0.717) is 41.6 Å². The van der Waals surface area contributed by atoms with E-state index in [1.807, 2.05) is 44.2 Å². The number of fused-ring (bicyclic) bond motifs is 1. The molecule has 0 spiro atoms. The molecule has 0 atom stereocenters. The van der Waals surface area contributed by atoms with Gasteiger partial charge in [0.05, 0.1) is 31.5 Å². The molecule has 0 saturated heterocycles. The van der Waals surface area contributed by atoms with E-state index in [0.717, 1.165) is 22.3 Å². The van der Waals surface area contributed by atoms with Gasteiger partial charge in [0.1, 0.15) is 23.1 Å². The van der Waals surface area contributed by atoms with Crippen LogP contribution in [-0.4, -0.2) is 49.7 Å². The Morgan fingerprint density at radius 1 is 1.00 bits per heavy atom. The van der Waals surface area contributed by atoms with Crippen LogP contribution in [0.3, 0.4) is 0 Å². The zero-order valence-corrected chi connectivity index (χ0v) is 23.0. The average molecular weight is 561 g/mol. The Labute approximate surface area is 235 Å². The van der Waals surface area contributed by atoms with E-state index in [-0.39, 0.29) is 31.1 Å². The first-order chi connectivity index (χ1) is 19.9. The highest BCUT2D eigenvalue weighted by Crippen LogP contribution is 2.32. The summed E-state index contributed by atoms with van der Waals surface area (Å²) in [5.74, 6) is -0.198. The molecule has 0 fully saturated rings. The quantitative estimate of drug-likeness (QED) is 0.197. The fraction of sp³-hybridized carbons (Fsp3) is 0.267. The second-order valence-electron chi connectivity index (χ2n) is 9.42. The van der Waals surface area contributed by atoms with Crippen molar-refractivity contribution in [3.8, 4) is 23.0 Å². The van der Waals surface area contributed by atoms with Gasteiger partial charge in [0, 0.05) is 53.7 Å². The Bertz CT molecular complexity index is 1670. The highest BCUT2D eigenvalue weighted by atomic mass is 19.1. The van der Waals surface area contributed by atoms with Gasteiger partial charge in [0.2, 0.25) is 0 Å². The van der Waals surface area contributed by atoms with Gasteiger partial charge in [-0.2, -0.15) is 5.10 Å². The molecule has 2 N–H and O–H groups in total. The van der Waals surface area contributed by atoms with Gasteiger partial charge in [-0.1, -0.05) is 18.2 Å². The van der Waals surface area contributed by atoms with Crippen LogP contribution in [0.4, 0.5) is 20.3 Å². The molecular weight excluding hydrogens is 530 g/mol. The van der Waals surface area contributed by atoms with Gasteiger partial charge in [0.25, 0.3) is 0 Å². The number of hydrogen-bond donors (Lipinski definition) is 2. The van der Waals surface area contributed by atoms with Gasteiger partial charge in [-0.25, -0.2) is 18.7 Å². The molecule has 0 aliphatic heterocycles. The third-order valence-electron chi connectivity index (χ3n) is 6.41. The lowest BCUT2D eigenvalue weighted by molar-refractivity contribution is 0.233. The Kier molecular flexibility index (Phi) is 8.34. The number of halogens is 2. The molecule has 2 aromatic carbocycles. The third kappa shape index (κ3) is 6.09. The topological polar surface area (TPSA) is 107 Å². The Morgan fingerprint density at radius 3 is 2.54 bits per heavy atom. The third-order valence-corrected chi connectivity index (χ3v) is 6.41. The standard InChI is InChI=1S/C30H30F2N6O3/c1-4-40-20-13-23(31)22(24(32)14-20)17-38-26-9-6-5-8-21(26)28(37-38)30-34-16-27(41-11-7-10-39)29(36-30)35-25-12-19(3)33-15-18(25)2/h5-6,8-9,12-16,39H,4,7,10-11,17H2,1-3H3,(H,33,34,35,36). The number of aliphatic hydroxyl groups excluding tert-OH is 1. The van der Waals surface area contributed by atoms with Gasteiger partial charge < -0.3 is 19.9 Å². The van der Waals surface area contributed by atoms with Crippen molar-refractivity contribution in [3.05, 3.63) is 83.3 Å². The summed E-state index contributed by atoms with van der Waals surface area (Å²) < 4.78 is 42.5. The van der Waals surface area contributed by atoms with Gasteiger partial charge in [0.15, 0.2) is 17.4 Å². The van der Waals surface area contributed by atoms with Gasteiger partial charge >= 0.3 is 0 Å². The number of benzene rings is 2. The van der Waals surface area contributed by atoms with Crippen LogP contribution in [0.5, 0.6) is 11.5 Å². The number of nitrogens with one attached hydrogen (secondary N) is 1. The number of para-hydroxylation sites is 1. The number of pyridine rings is 1. The molecule has 0 radical (unpaired) electrons. The lowest BCUT2D eigenvalue weighted by atomic mass is 10.1. The number of rotatable bonds is 11. The molecule has 11 heteroatoms. The zero-order chi connectivity index (χ0) is 28.9. The normalized spacial score (nSPS) is 11.2. The minimum absolute atomic E-state index is 0.0106. The first kappa shape index (κ1) is 27.9.